The summed E-state index contributed by atoms with van der Waals surface area (Å²) >= 11 is 0. The lowest BCUT2D eigenvalue weighted by Gasteiger charge is -2.19. The molecule has 110 valence electrons. The molecule has 0 bridgehead atoms. The molecule has 0 aliphatic heterocycles. The lowest BCUT2D eigenvalue weighted by Crippen LogP contribution is -2.23. The molecule has 1 aromatic heterocycles. The van der Waals surface area contributed by atoms with Crippen molar-refractivity contribution in [1.29, 1.82) is 0 Å². The topological polar surface area (TPSA) is 71.0 Å². The van der Waals surface area contributed by atoms with E-state index in [9.17, 15) is 4.79 Å². The SMILES string of the molecule is CCN(CC)c1cnnc(Nc2cccc(C(C)=O)c2)n1. The summed E-state index contributed by atoms with van der Waals surface area (Å²) in [6.07, 6.45) is 1.64. The quantitative estimate of drug-likeness (QED) is 0.823. The van der Waals surface area contributed by atoms with Crippen LogP contribution in [0.15, 0.2) is 30.5 Å². The van der Waals surface area contributed by atoms with Crippen LogP contribution in [0.4, 0.5) is 17.5 Å². The molecular formula is C15H19N5O. The zero-order valence-electron chi connectivity index (χ0n) is 12.5. The maximum Gasteiger partial charge on any atom is 0.249 e. The fraction of sp³-hybridized carbons (Fsp3) is 0.333. The maximum absolute atomic E-state index is 11.4. The van der Waals surface area contributed by atoms with Crippen molar-refractivity contribution < 1.29 is 4.79 Å². The number of aromatic nitrogens is 3. The number of benzene rings is 1. The zero-order chi connectivity index (χ0) is 15.2. The Kier molecular flexibility index (Phi) is 4.81. The van der Waals surface area contributed by atoms with Crippen LogP contribution in [0.5, 0.6) is 0 Å². The summed E-state index contributed by atoms with van der Waals surface area (Å²) in [4.78, 5) is 17.9. The van der Waals surface area contributed by atoms with E-state index in [1.165, 1.54) is 6.92 Å². The summed E-state index contributed by atoms with van der Waals surface area (Å²) in [5.41, 5.74) is 1.41. The summed E-state index contributed by atoms with van der Waals surface area (Å²) in [7, 11) is 0. The Morgan fingerprint density at radius 1 is 1.29 bits per heavy atom. The summed E-state index contributed by atoms with van der Waals surface area (Å²) < 4.78 is 0. The molecule has 1 heterocycles. The van der Waals surface area contributed by atoms with Gasteiger partial charge in [-0.25, -0.2) is 0 Å². The molecule has 21 heavy (non-hydrogen) atoms. The van der Waals surface area contributed by atoms with E-state index in [-0.39, 0.29) is 5.78 Å². The Labute approximate surface area is 124 Å². The molecule has 0 aliphatic rings. The monoisotopic (exact) mass is 285 g/mol. The third-order valence-electron chi connectivity index (χ3n) is 3.16. The van der Waals surface area contributed by atoms with E-state index >= 15 is 0 Å². The van der Waals surface area contributed by atoms with Crippen molar-refractivity contribution in [2.24, 2.45) is 0 Å². The Morgan fingerprint density at radius 2 is 2.05 bits per heavy atom. The molecule has 0 spiro atoms. The minimum Gasteiger partial charge on any atom is -0.356 e. The fourth-order valence-corrected chi connectivity index (χ4v) is 1.99. The highest BCUT2D eigenvalue weighted by Gasteiger charge is 2.07. The van der Waals surface area contributed by atoms with Gasteiger partial charge in [0.1, 0.15) is 0 Å². The average Bonchev–Trinajstić information content (AvgIpc) is 2.49. The molecule has 6 nitrogen and oxygen atoms in total. The normalized spacial score (nSPS) is 10.2. The number of carbonyl (C=O) groups excluding carboxylic acids is 1. The number of carbonyl (C=O) groups is 1. The van der Waals surface area contributed by atoms with Crippen LogP contribution in [0.2, 0.25) is 0 Å². The zero-order valence-corrected chi connectivity index (χ0v) is 12.5. The average molecular weight is 285 g/mol. The van der Waals surface area contributed by atoms with Gasteiger partial charge >= 0.3 is 0 Å². The molecule has 6 heteroatoms. The smallest absolute Gasteiger partial charge is 0.249 e. The molecule has 1 N–H and O–H groups in total. The van der Waals surface area contributed by atoms with E-state index in [1.54, 1.807) is 18.3 Å². The third-order valence-corrected chi connectivity index (χ3v) is 3.16. The highest BCUT2D eigenvalue weighted by molar-refractivity contribution is 5.95. The Bertz CT molecular complexity index is 625. The van der Waals surface area contributed by atoms with E-state index in [1.807, 2.05) is 12.1 Å². The lowest BCUT2D eigenvalue weighted by atomic mass is 10.1. The Morgan fingerprint density at radius 3 is 2.71 bits per heavy atom. The number of rotatable bonds is 6. The largest absolute Gasteiger partial charge is 0.356 e. The van der Waals surface area contributed by atoms with Crippen LogP contribution in [0, 0.1) is 0 Å². The van der Waals surface area contributed by atoms with Crippen LogP contribution >= 0.6 is 0 Å². The van der Waals surface area contributed by atoms with Gasteiger partial charge < -0.3 is 10.2 Å². The predicted octanol–water partition coefficient (Wildman–Crippen LogP) is 2.66. The van der Waals surface area contributed by atoms with Crippen molar-refractivity contribution in [1.82, 2.24) is 15.2 Å². The molecule has 0 saturated heterocycles. The molecule has 0 atom stereocenters. The molecule has 0 amide bonds. The van der Waals surface area contributed by atoms with Crippen LogP contribution in [-0.4, -0.2) is 34.1 Å². The molecule has 2 aromatic rings. The first kappa shape index (κ1) is 14.9. The van der Waals surface area contributed by atoms with Crippen molar-refractivity contribution in [3.05, 3.63) is 36.0 Å². The van der Waals surface area contributed by atoms with Gasteiger partial charge in [-0.1, -0.05) is 12.1 Å². The van der Waals surface area contributed by atoms with Gasteiger partial charge in [-0.2, -0.15) is 10.1 Å². The number of anilines is 3. The fourth-order valence-electron chi connectivity index (χ4n) is 1.99. The highest BCUT2D eigenvalue weighted by Crippen LogP contribution is 2.17. The molecule has 2 rings (SSSR count). The minimum absolute atomic E-state index is 0.0228. The number of nitrogens with one attached hydrogen (secondary N) is 1. The third kappa shape index (κ3) is 3.75. The van der Waals surface area contributed by atoms with Crippen molar-refractivity contribution in [3.63, 3.8) is 0 Å². The molecule has 0 saturated carbocycles. The van der Waals surface area contributed by atoms with Gasteiger partial charge in [-0.3, -0.25) is 4.79 Å². The molecule has 0 unspecified atom stereocenters. The number of Topliss-reactive ketones (excluding diaryl/α,β-unsaturated/α-hetero) is 1. The summed E-state index contributed by atoms with van der Waals surface area (Å²) in [5.74, 6) is 1.22. The predicted molar refractivity (Wildman–Crippen MR) is 83.1 cm³/mol. The number of ketones is 1. The second-order valence-corrected chi connectivity index (χ2v) is 4.57. The first-order valence-corrected chi connectivity index (χ1v) is 6.96. The molecule has 0 radical (unpaired) electrons. The summed E-state index contributed by atoms with van der Waals surface area (Å²) in [6, 6.07) is 7.23. The Balaban J connectivity index is 2.22. The second kappa shape index (κ2) is 6.78. The molecular weight excluding hydrogens is 266 g/mol. The number of nitrogens with zero attached hydrogens (tertiary/aromatic N) is 4. The number of hydrogen-bond acceptors (Lipinski definition) is 6. The lowest BCUT2D eigenvalue weighted by molar-refractivity contribution is 0.101. The van der Waals surface area contributed by atoms with Crippen LogP contribution in [-0.2, 0) is 0 Å². The van der Waals surface area contributed by atoms with Crippen molar-refractivity contribution in [3.8, 4) is 0 Å². The second-order valence-electron chi connectivity index (χ2n) is 4.57. The highest BCUT2D eigenvalue weighted by atomic mass is 16.1. The first-order valence-electron chi connectivity index (χ1n) is 6.96. The molecule has 0 aliphatic carbocycles. The van der Waals surface area contributed by atoms with E-state index in [4.69, 9.17) is 0 Å². The van der Waals surface area contributed by atoms with E-state index in [0.29, 0.717) is 11.5 Å². The van der Waals surface area contributed by atoms with Gasteiger partial charge in [0, 0.05) is 24.3 Å². The number of hydrogen-bond donors (Lipinski definition) is 1. The standard InChI is InChI=1S/C15H19N5O/c1-4-20(5-2)14-10-16-19-15(18-14)17-13-8-6-7-12(9-13)11(3)21/h6-10H,4-5H2,1-3H3,(H,17,18,19). The van der Waals surface area contributed by atoms with Gasteiger partial charge in [-0.05, 0) is 32.9 Å². The van der Waals surface area contributed by atoms with Crippen molar-refractivity contribution in [2.45, 2.75) is 20.8 Å². The first-order chi connectivity index (χ1) is 10.1. The van der Waals surface area contributed by atoms with Crippen molar-refractivity contribution in [2.75, 3.05) is 23.3 Å². The maximum atomic E-state index is 11.4. The van der Waals surface area contributed by atoms with Gasteiger partial charge in [0.25, 0.3) is 0 Å². The molecule has 1 aromatic carbocycles. The molecule has 0 fully saturated rings. The van der Waals surface area contributed by atoms with E-state index in [2.05, 4.69) is 39.2 Å². The van der Waals surface area contributed by atoms with E-state index in [0.717, 1.165) is 24.6 Å². The van der Waals surface area contributed by atoms with Crippen LogP contribution in [0.3, 0.4) is 0 Å². The van der Waals surface area contributed by atoms with Gasteiger partial charge in [0.15, 0.2) is 11.6 Å². The Hall–Kier alpha value is -2.50. The van der Waals surface area contributed by atoms with Crippen LogP contribution in [0.25, 0.3) is 0 Å². The summed E-state index contributed by atoms with van der Waals surface area (Å²) in [5, 5.41) is 11.0. The summed E-state index contributed by atoms with van der Waals surface area (Å²) in [6.45, 7) is 7.38. The minimum atomic E-state index is 0.0228. The van der Waals surface area contributed by atoms with Gasteiger partial charge in [-0.15, -0.1) is 5.10 Å². The van der Waals surface area contributed by atoms with Crippen LogP contribution < -0.4 is 10.2 Å². The van der Waals surface area contributed by atoms with Crippen LogP contribution in [0.1, 0.15) is 31.1 Å². The van der Waals surface area contributed by atoms with Gasteiger partial charge in [0.2, 0.25) is 5.95 Å². The van der Waals surface area contributed by atoms with Gasteiger partial charge in [0.05, 0.1) is 6.20 Å². The van der Waals surface area contributed by atoms with E-state index < -0.39 is 0 Å². The van der Waals surface area contributed by atoms with Crippen molar-refractivity contribution >= 4 is 23.2 Å².